The van der Waals surface area contributed by atoms with Gasteiger partial charge in [-0.3, -0.25) is 0 Å². The molecule has 5 heteroatoms. The summed E-state index contributed by atoms with van der Waals surface area (Å²) in [6, 6.07) is 19.8. The summed E-state index contributed by atoms with van der Waals surface area (Å²) in [6.45, 7) is 3.87. The SMILES string of the molecule is CC1(C)O[C@H]2[C@H](O1)[C@@H](Cc1ccccc1)NC(=O)N[C@@H]2Cc1ccccc1. The summed E-state index contributed by atoms with van der Waals surface area (Å²) >= 11 is 0. The van der Waals surface area contributed by atoms with Gasteiger partial charge in [0, 0.05) is 0 Å². The van der Waals surface area contributed by atoms with Gasteiger partial charge in [0.15, 0.2) is 5.79 Å². The predicted molar refractivity (Wildman–Crippen MR) is 103 cm³/mol. The van der Waals surface area contributed by atoms with Gasteiger partial charge in [0.2, 0.25) is 0 Å². The number of fused-ring (bicyclic) bond motifs is 1. The maximum atomic E-state index is 12.5. The Hall–Kier alpha value is -2.37. The van der Waals surface area contributed by atoms with Crippen LogP contribution in [0.5, 0.6) is 0 Å². The van der Waals surface area contributed by atoms with E-state index >= 15 is 0 Å². The summed E-state index contributed by atoms with van der Waals surface area (Å²) in [5.41, 5.74) is 2.33. The van der Waals surface area contributed by atoms with Crippen LogP contribution in [-0.4, -0.2) is 36.1 Å². The average Bonchev–Trinajstić information content (AvgIpc) is 2.93. The van der Waals surface area contributed by atoms with E-state index in [1.165, 1.54) is 0 Å². The highest BCUT2D eigenvalue weighted by atomic mass is 16.8. The van der Waals surface area contributed by atoms with Crippen LogP contribution in [0.2, 0.25) is 0 Å². The van der Waals surface area contributed by atoms with E-state index < -0.39 is 5.79 Å². The van der Waals surface area contributed by atoms with Crippen molar-refractivity contribution in [3.05, 3.63) is 71.8 Å². The Kier molecular flexibility index (Phi) is 4.89. The number of amides is 2. The lowest BCUT2D eigenvalue weighted by molar-refractivity contribution is -0.150. The fourth-order valence-electron chi connectivity index (χ4n) is 4.05. The van der Waals surface area contributed by atoms with E-state index in [0.717, 1.165) is 11.1 Å². The van der Waals surface area contributed by atoms with Crippen molar-refractivity contribution in [2.24, 2.45) is 0 Å². The first-order chi connectivity index (χ1) is 13.0. The van der Waals surface area contributed by atoms with Gasteiger partial charge in [-0.05, 0) is 37.8 Å². The van der Waals surface area contributed by atoms with E-state index in [9.17, 15) is 4.79 Å². The number of hydrogen-bond acceptors (Lipinski definition) is 3. The second kappa shape index (κ2) is 7.33. The van der Waals surface area contributed by atoms with Crippen molar-refractivity contribution in [2.75, 3.05) is 0 Å². The standard InChI is InChI=1S/C22H26N2O3/c1-22(2)26-19-17(13-15-9-5-3-6-10-15)23-21(25)24-18(20(19)27-22)14-16-11-7-4-8-12-16/h3-12,17-20H,13-14H2,1-2H3,(H2,23,24,25)/t17-,18-,19-,20-/m1/s1. The van der Waals surface area contributed by atoms with Crippen molar-refractivity contribution in [2.45, 2.75) is 56.8 Å². The summed E-state index contributed by atoms with van der Waals surface area (Å²) in [5.74, 6) is -0.678. The molecule has 4 rings (SSSR count). The maximum Gasteiger partial charge on any atom is 0.315 e. The molecule has 2 amide bonds. The van der Waals surface area contributed by atoms with Crippen LogP contribution in [0.25, 0.3) is 0 Å². The van der Waals surface area contributed by atoms with Crippen molar-refractivity contribution in [3.63, 3.8) is 0 Å². The van der Waals surface area contributed by atoms with Crippen molar-refractivity contribution < 1.29 is 14.3 Å². The monoisotopic (exact) mass is 366 g/mol. The van der Waals surface area contributed by atoms with Gasteiger partial charge in [-0.1, -0.05) is 60.7 Å². The molecule has 0 aromatic heterocycles. The van der Waals surface area contributed by atoms with Crippen LogP contribution < -0.4 is 10.6 Å². The third kappa shape index (κ3) is 4.15. The van der Waals surface area contributed by atoms with Crippen LogP contribution in [0.15, 0.2) is 60.7 Å². The largest absolute Gasteiger partial charge is 0.342 e. The molecule has 0 spiro atoms. The molecule has 0 unspecified atom stereocenters. The Balaban J connectivity index is 1.60. The smallest absolute Gasteiger partial charge is 0.315 e. The molecule has 2 aliphatic rings. The van der Waals surface area contributed by atoms with E-state index in [1.54, 1.807) is 0 Å². The zero-order chi connectivity index (χ0) is 18.9. The van der Waals surface area contributed by atoms with Crippen molar-refractivity contribution in [3.8, 4) is 0 Å². The molecule has 2 aromatic rings. The zero-order valence-corrected chi connectivity index (χ0v) is 15.7. The first-order valence-corrected chi connectivity index (χ1v) is 9.51. The molecule has 5 nitrogen and oxygen atoms in total. The first-order valence-electron chi connectivity index (χ1n) is 9.51. The van der Waals surface area contributed by atoms with Crippen LogP contribution in [0.4, 0.5) is 4.79 Å². The number of carbonyl (C=O) groups excluding carboxylic acids is 1. The highest BCUT2D eigenvalue weighted by Crippen LogP contribution is 2.34. The van der Waals surface area contributed by atoms with Gasteiger partial charge < -0.3 is 20.1 Å². The Bertz CT molecular complexity index is 715. The van der Waals surface area contributed by atoms with E-state index in [1.807, 2.05) is 50.2 Å². The lowest BCUT2D eigenvalue weighted by atomic mass is 9.92. The zero-order valence-electron chi connectivity index (χ0n) is 15.7. The van der Waals surface area contributed by atoms with Crippen LogP contribution in [-0.2, 0) is 22.3 Å². The lowest BCUT2D eigenvalue weighted by Gasteiger charge is -2.26. The van der Waals surface area contributed by atoms with Gasteiger partial charge >= 0.3 is 6.03 Å². The van der Waals surface area contributed by atoms with Gasteiger partial charge in [0.05, 0.1) is 12.1 Å². The molecule has 0 bridgehead atoms. The van der Waals surface area contributed by atoms with E-state index in [0.29, 0.717) is 12.8 Å². The minimum Gasteiger partial charge on any atom is -0.342 e. The van der Waals surface area contributed by atoms with Gasteiger partial charge in [-0.2, -0.15) is 0 Å². The molecule has 0 saturated carbocycles. The van der Waals surface area contributed by atoms with Crippen LogP contribution in [0.1, 0.15) is 25.0 Å². The molecular formula is C22H26N2O3. The van der Waals surface area contributed by atoms with Crippen molar-refractivity contribution in [1.29, 1.82) is 0 Å². The Morgan fingerprint density at radius 3 is 1.59 bits per heavy atom. The summed E-state index contributed by atoms with van der Waals surface area (Å²) in [6.07, 6.45) is 0.973. The second-order valence-corrected chi connectivity index (χ2v) is 7.77. The number of nitrogens with one attached hydrogen (secondary N) is 2. The fourth-order valence-corrected chi connectivity index (χ4v) is 4.05. The average molecular weight is 366 g/mol. The van der Waals surface area contributed by atoms with E-state index in [-0.39, 0.29) is 30.3 Å². The normalized spacial score (nSPS) is 29.3. The highest BCUT2D eigenvalue weighted by Gasteiger charge is 2.50. The quantitative estimate of drug-likeness (QED) is 0.874. The number of carbonyl (C=O) groups is 1. The highest BCUT2D eigenvalue weighted by molar-refractivity contribution is 5.75. The topological polar surface area (TPSA) is 59.6 Å². The molecule has 2 N–H and O–H groups in total. The molecule has 142 valence electrons. The van der Waals surface area contributed by atoms with Crippen LogP contribution in [0.3, 0.4) is 0 Å². The third-order valence-corrected chi connectivity index (χ3v) is 5.19. The summed E-state index contributed by atoms with van der Waals surface area (Å²) in [5, 5.41) is 6.19. The molecular weight excluding hydrogens is 340 g/mol. The molecule has 2 saturated heterocycles. The van der Waals surface area contributed by atoms with Crippen LogP contribution >= 0.6 is 0 Å². The number of ether oxygens (including phenoxy) is 2. The number of urea groups is 1. The minimum absolute atomic E-state index is 0.153. The maximum absolute atomic E-state index is 12.5. The first kappa shape index (κ1) is 18.0. The van der Waals surface area contributed by atoms with Gasteiger partial charge in [-0.15, -0.1) is 0 Å². The third-order valence-electron chi connectivity index (χ3n) is 5.19. The molecule has 27 heavy (non-hydrogen) atoms. The number of hydrogen-bond donors (Lipinski definition) is 2. The second-order valence-electron chi connectivity index (χ2n) is 7.77. The Morgan fingerprint density at radius 1 is 0.778 bits per heavy atom. The number of rotatable bonds is 4. The molecule has 0 radical (unpaired) electrons. The van der Waals surface area contributed by atoms with Gasteiger partial charge in [0.25, 0.3) is 0 Å². The Labute approximate surface area is 160 Å². The predicted octanol–water partition coefficient (Wildman–Crippen LogP) is 3.04. The molecule has 2 heterocycles. The molecule has 2 fully saturated rings. The summed E-state index contributed by atoms with van der Waals surface area (Å²) in [4.78, 5) is 12.5. The molecule has 2 aromatic carbocycles. The lowest BCUT2D eigenvalue weighted by Crippen LogP contribution is -2.47. The van der Waals surface area contributed by atoms with Gasteiger partial charge in [-0.25, -0.2) is 4.79 Å². The number of benzene rings is 2. The van der Waals surface area contributed by atoms with Crippen molar-refractivity contribution in [1.82, 2.24) is 10.6 Å². The van der Waals surface area contributed by atoms with E-state index in [4.69, 9.17) is 9.47 Å². The summed E-state index contributed by atoms with van der Waals surface area (Å²) in [7, 11) is 0. The van der Waals surface area contributed by atoms with E-state index in [2.05, 4.69) is 34.9 Å². The summed E-state index contributed by atoms with van der Waals surface area (Å²) < 4.78 is 12.5. The fraction of sp³-hybridized carbons (Fsp3) is 0.409. The van der Waals surface area contributed by atoms with Crippen LogP contribution in [0, 0.1) is 0 Å². The molecule has 4 atom stereocenters. The Morgan fingerprint density at radius 2 is 1.19 bits per heavy atom. The van der Waals surface area contributed by atoms with Crippen molar-refractivity contribution >= 4 is 6.03 Å². The van der Waals surface area contributed by atoms with Gasteiger partial charge in [0.1, 0.15) is 12.2 Å². The molecule has 0 aliphatic carbocycles. The minimum atomic E-state index is -0.678. The molecule has 2 aliphatic heterocycles.